The van der Waals surface area contributed by atoms with Crippen LogP contribution in [0.1, 0.15) is 0 Å². The summed E-state index contributed by atoms with van der Waals surface area (Å²) in [6, 6.07) is 8.48. The quantitative estimate of drug-likeness (QED) is 0.483. The second-order valence-corrected chi connectivity index (χ2v) is 1.58. The second-order valence-electron chi connectivity index (χ2n) is 1.58. The Balaban J connectivity index is 0.000000198. The van der Waals surface area contributed by atoms with E-state index in [-0.39, 0.29) is 24.0 Å². The van der Waals surface area contributed by atoms with Crippen LogP contribution in [0.15, 0.2) is 37.4 Å². The minimum absolute atomic E-state index is 0. The van der Waals surface area contributed by atoms with Crippen LogP contribution in [0.4, 0.5) is 0 Å². The summed E-state index contributed by atoms with van der Waals surface area (Å²) in [4.78, 5) is 0. The van der Waals surface area contributed by atoms with E-state index in [1.807, 2.05) is 0 Å². The number of fused-ring (bicyclic) bond motifs is 1. The van der Waals surface area contributed by atoms with E-state index >= 15 is 0 Å². The molecular formula is C8H9I. The molecule has 0 atom stereocenters. The van der Waals surface area contributed by atoms with Crippen molar-refractivity contribution < 1.29 is 0 Å². The molecule has 9 heavy (non-hydrogen) atoms. The molecule has 0 aromatic carbocycles. The molecule has 0 bridgehead atoms. The van der Waals surface area contributed by atoms with Crippen LogP contribution in [-0.2, 0) is 0 Å². The second kappa shape index (κ2) is 3.67. The van der Waals surface area contributed by atoms with Crippen molar-refractivity contribution in [1.29, 1.82) is 0 Å². The van der Waals surface area contributed by atoms with Crippen molar-refractivity contribution in [3.05, 3.63) is 37.4 Å². The molecule has 0 aromatic heterocycles. The van der Waals surface area contributed by atoms with E-state index < -0.39 is 0 Å². The summed E-state index contributed by atoms with van der Waals surface area (Å²) in [5.41, 5.74) is 2.85. The topological polar surface area (TPSA) is 0 Å². The number of benzene rings is 1. The minimum atomic E-state index is 0. The Hall–Kier alpha value is -0.310. The van der Waals surface area contributed by atoms with Crippen LogP contribution in [0.25, 0.3) is 11.1 Å². The van der Waals surface area contributed by atoms with Gasteiger partial charge in [0.05, 0.1) is 0 Å². The van der Waals surface area contributed by atoms with Crippen molar-refractivity contribution in [3.8, 4) is 11.1 Å². The summed E-state index contributed by atoms with van der Waals surface area (Å²) >= 11 is 0. The molecule has 0 saturated carbocycles. The monoisotopic (exact) mass is 232 g/mol. The maximum absolute atomic E-state index is 3.00. The highest BCUT2D eigenvalue weighted by molar-refractivity contribution is 14.0. The summed E-state index contributed by atoms with van der Waals surface area (Å²) in [5.74, 6) is 0. The average Bonchev–Trinajstić information content (AvgIpc) is 1.83. The van der Waals surface area contributed by atoms with Crippen molar-refractivity contribution in [3.63, 3.8) is 0 Å². The van der Waals surface area contributed by atoms with Crippen molar-refractivity contribution in [2.45, 2.75) is 0 Å². The fourth-order valence-corrected chi connectivity index (χ4v) is 0.663. The Morgan fingerprint density at radius 2 is 1.00 bits per heavy atom. The lowest BCUT2D eigenvalue weighted by Gasteiger charge is -2.10. The lowest BCUT2D eigenvalue weighted by atomic mass is 9.95. The van der Waals surface area contributed by atoms with Crippen LogP contribution in [0, 0.1) is 0 Å². The molecule has 0 heterocycles. The van der Waals surface area contributed by atoms with Crippen molar-refractivity contribution in [2.24, 2.45) is 0 Å². The molecule has 0 N–H and O–H groups in total. The SMILES string of the molecule is C=C.I.c1cc2ccc1-2. The predicted molar refractivity (Wildman–Crippen MR) is 52.1 cm³/mol. The zero-order valence-electron chi connectivity index (χ0n) is 5.13. The van der Waals surface area contributed by atoms with Gasteiger partial charge in [-0.1, -0.05) is 24.3 Å². The number of rotatable bonds is 0. The highest BCUT2D eigenvalue weighted by Crippen LogP contribution is 2.29. The van der Waals surface area contributed by atoms with Gasteiger partial charge in [0.1, 0.15) is 0 Å². The molecule has 0 fully saturated rings. The maximum Gasteiger partial charge on any atom is -0.0184 e. The summed E-state index contributed by atoms with van der Waals surface area (Å²) in [7, 11) is 0. The molecule has 0 spiro atoms. The van der Waals surface area contributed by atoms with Crippen LogP contribution in [0.3, 0.4) is 0 Å². The highest BCUT2D eigenvalue weighted by Gasteiger charge is 2.03. The van der Waals surface area contributed by atoms with Gasteiger partial charge in [-0.3, -0.25) is 0 Å². The molecule has 0 amide bonds. The van der Waals surface area contributed by atoms with Crippen molar-refractivity contribution >= 4 is 24.0 Å². The van der Waals surface area contributed by atoms with Gasteiger partial charge >= 0.3 is 0 Å². The van der Waals surface area contributed by atoms with Gasteiger partial charge in [-0.25, -0.2) is 0 Å². The molecule has 0 radical (unpaired) electrons. The molecule has 0 aromatic rings. The fraction of sp³-hybridized carbons (Fsp3) is 0. The maximum atomic E-state index is 3.00. The van der Waals surface area contributed by atoms with E-state index in [0.717, 1.165) is 0 Å². The standard InChI is InChI=1S/C6H4.C2H4.HI/c1-2-6-4-3-5(1)6;1-2;/h1-4H;1-2H2;1H. The van der Waals surface area contributed by atoms with Crippen molar-refractivity contribution in [2.75, 3.05) is 0 Å². The smallest absolute Gasteiger partial charge is 0.0184 e. The molecular weight excluding hydrogens is 223 g/mol. The van der Waals surface area contributed by atoms with Crippen LogP contribution in [0.2, 0.25) is 0 Å². The molecule has 0 aliphatic heterocycles. The lowest BCUT2D eigenvalue weighted by Crippen LogP contribution is -1.85. The highest BCUT2D eigenvalue weighted by atomic mass is 127. The Bertz CT molecular complexity index is 155. The third kappa shape index (κ3) is 1.33. The van der Waals surface area contributed by atoms with Gasteiger partial charge in [-0.2, -0.15) is 0 Å². The molecule has 2 aliphatic carbocycles. The van der Waals surface area contributed by atoms with Crippen LogP contribution < -0.4 is 0 Å². The van der Waals surface area contributed by atoms with Gasteiger partial charge in [0.15, 0.2) is 0 Å². The van der Waals surface area contributed by atoms with Gasteiger partial charge in [0, 0.05) is 0 Å². The first-order valence-corrected chi connectivity index (χ1v) is 2.57. The summed E-state index contributed by atoms with van der Waals surface area (Å²) in [5, 5.41) is 0. The average molecular weight is 232 g/mol. The Morgan fingerprint density at radius 3 is 1.00 bits per heavy atom. The van der Waals surface area contributed by atoms with Gasteiger partial charge < -0.3 is 0 Å². The number of halogens is 1. The summed E-state index contributed by atoms with van der Waals surface area (Å²) in [6.07, 6.45) is 0. The van der Waals surface area contributed by atoms with Gasteiger partial charge in [-0.05, 0) is 11.1 Å². The van der Waals surface area contributed by atoms with Gasteiger partial charge in [0.25, 0.3) is 0 Å². The summed E-state index contributed by atoms with van der Waals surface area (Å²) < 4.78 is 0. The Labute approximate surface area is 72.6 Å². The Kier molecular flexibility index (Phi) is 3.54. The van der Waals surface area contributed by atoms with E-state index in [0.29, 0.717) is 0 Å². The summed E-state index contributed by atoms with van der Waals surface area (Å²) in [6.45, 7) is 6.00. The van der Waals surface area contributed by atoms with E-state index in [1.54, 1.807) is 0 Å². The first-order valence-electron chi connectivity index (χ1n) is 2.57. The first kappa shape index (κ1) is 8.69. The zero-order chi connectivity index (χ0) is 5.98. The lowest BCUT2D eigenvalue weighted by molar-refractivity contribution is 1.55. The normalized spacial score (nSPS) is 8.00. The Morgan fingerprint density at radius 1 is 0.778 bits per heavy atom. The fourth-order valence-electron chi connectivity index (χ4n) is 0.663. The number of hydrogen-bond acceptors (Lipinski definition) is 0. The molecule has 0 saturated heterocycles. The minimum Gasteiger partial charge on any atom is -0.107 e. The zero-order valence-corrected chi connectivity index (χ0v) is 7.46. The molecule has 2 rings (SSSR count). The predicted octanol–water partition coefficient (Wildman–Crippen LogP) is 3.09. The van der Waals surface area contributed by atoms with Crippen LogP contribution in [-0.4, -0.2) is 0 Å². The molecule has 0 nitrogen and oxygen atoms in total. The van der Waals surface area contributed by atoms with E-state index in [1.165, 1.54) is 11.1 Å². The van der Waals surface area contributed by atoms with Crippen molar-refractivity contribution in [1.82, 2.24) is 0 Å². The first-order chi connectivity index (χ1) is 3.97. The largest absolute Gasteiger partial charge is 0.107 e. The van der Waals surface area contributed by atoms with E-state index in [4.69, 9.17) is 0 Å². The van der Waals surface area contributed by atoms with Gasteiger partial charge in [0.2, 0.25) is 0 Å². The van der Waals surface area contributed by atoms with Gasteiger partial charge in [-0.15, -0.1) is 37.1 Å². The molecule has 2 aliphatic rings. The molecule has 1 heteroatoms. The molecule has 0 unspecified atom stereocenters. The van der Waals surface area contributed by atoms with Crippen LogP contribution in [0.5, 0.6) is 0 Å². The van der Waals surface area contributed by atoms with E-state index in [9.17, 15) is 0 Å². The number of hydrogen-bond donors (Lipinski definition) is 0. The third-order valence-electron chi connectivity index (χ3n) is 1.22. The molecule has 48 valence electrons. The third-order valence-corrected chi connectivity index (χ3v) is 1.22. The van der Waals surface area contributed by atoms with Crippen LogP contribution >= 0.6 is 24.0 Å². The van der Waals surface area contributed by atoms with E-state index in [2.05, 4.69) is 37.4 Å².